The van der Waals surface area contributed by atoms with Crippen molar-refractivity contribution in [3.63, 3.8) is 0 Å². The van der Waals surface area contributed by atoms with Crippen molar-refractivity contribution in [2.45, 2.75) is 63.7 Å². The third kappa shape index (κ3) is 9.69. The molecule has 3 aromatic rings. The molecule has 0 aliphatic rings. The molecule has 1 heterocycles. The van der Waals surface area contributed by atoms with Gasteiger partial charge in [0.1, 0.15) is 24.2 Å². The fraction of sp³-hybridized carbons (Fsp3) is 0.333. The van der Waals surface area contributed by atoms with Crippen LogP contribution in [-0.4, -0.2) is 69.8 Å². The molecule has 3 rings (SSSR count). The average Bonchev–Trinajstić information content (AvgIpc) is 3.37. The molecule has 4 atom stereocenters. The van der Waals surface area contributed by atoms with Gasteiger partial charge in [0.25, 0.3) is 0 Å². The molecule has 1 aromatic heterocycles. The van der Waals surface area contributed by atoms with Gasteiger partial charge in [0, 0.05) is 43.3 Å². The van der Waals surface area contributed by atoms with Crippen LogP contribution in [0.25, 0.3) is 10.9 Å². The largest absolute Gasteiger partial charge is 0.480 e. The molecule has 0 bridgehead atoms. The van der Waals surface area contributed by atoms with Crippen LogP contribution in [0.2, 0.25) is 0 Å². The number of benzene rings is 2. The van der Waals surface area contributed by atoms with Crippen LogP contribution < -0.4 is 27.0 Å². The van der Waals surface area contributed by atoms with Crippen LogP contribution in [0.5, 0.6) is 0 Å². The van der Waals surface area contributed by atoms with E-state index < -0.39 is 59.7 Å². The zero-order valence-electron chi connectivity index (χ0n) is 23.9. The number of nitrogens with one attached hydrogen (secondary N) is 5. The number of carboxylic acids is 1. The van der Waals surface area contributed by atoms with Crippen LogP contribution in [0.4, 0.5) is 0 Å². The van der Waals surface area contributed by atoms with Gasteiger partial charge in [-0.3, -0.25) is 24.0 Å². The summed E-state index contributed by atoms with van der Waals surface area (Å²) in [7, 11) is 0. The Morgan fingerprint density at radius 3 is 2.07 bits per heavy atom. The van der Waals surface area contributed by atoms with E-state index in [2.05, 4.69) is 26.3 Å². The van der Waals surface area contributed by atoms with E-state index in [0.717, 1.165) is 16.5 Å². The quantitative estimate of drug-likeness (QED) is 0.131. The van der Waals surface area contributed by atoms with E-state index >= 15 is 0 Å². The topological polar surface area (TPSA) is 213 Å². The standard InChI is InChI=1S/C30H36N6O7/c1-17(27(39)36-25(30(42)43)15-20-16-32-22-11-7-6-10-21(20)22)33-28(40)23(12-13-26(31)38)35-29(41)24(34-18(2)37)14-19-8-4-3-5-9-19/h3-11,16-17,23-25,32H,12-15H2,1-2H3,(H2,31,38)(H,33,40)(H,34,37)(H,35,41)(H,36,39)(H,42,43)/t17-,23-,24-,25-/m0/s1. The zero-order valence-corrected chi connectivity index (χ0v) is 23.9. The summed E-state index contributed by atoms with van der Waals surface area (Å²) in [5.74, 6) is -4.65. The van der Waals surface area contributed by atoms with Gasteiger partial charge in [-0.15, -0.1) is 0 Å². The van der Waals surface area contributed by atoms with E-state index in [-0.39, 0.29) is 25.7 Å². The lowest BCUT2D eigenvalue weighted by Crippen LogP contribution is -2.57. The summed E-state index contributed by atoms with van der Waals surface area (Å²) in [5.41, 5.74) is 7.54. The maximum Gasteiger partial charge on any atom is 0.326 e. The molecule has 0 aliphatic heterocycles. The van der Waals surface area contributed by atoms with E-state index in [1.165, 1.54) is 13.8 Å². The fourth-order valence-electron chi connectivity index (χ4n) is 4.53. The molecule has 13 heteroatoms. The Kier molecular flexibility index (Phi) is 11.4. The van der Waals surface area contributed by atoms with E-state index in [0.29, 0.717) is 5.56 Å². The van der Waals surface area contributed by atoms with Gasteiger partial charge in [-0.05, 0) is 30.5 Å². The van der Waals surface area contributed by atoms with Crippen molar-refractivity contribution < 1.29 is 33.9 Å². The highest BCUT2D eigenvalue weighted by Crippen LogP contribution is 2.19. The molecular weight excluding hydrogens is 556 g/mol. The third-order valence-corrected chi connectivity index (χ3v) is 6.75. The first-order valence-electron chi connectivity index (χ1n) is 13.7. The molecule has 0 unspecified atom stereocenters. The lowest BCUT2D eigenvalue weighted by molar-refractivity contribution is -0.142. The molecule has 8 N–H and O–H groups in total. The second kappa shape index (κ2) is 15.1. The van der Waals surface area contributed by atoms with Crippen LogP contribution in [0.15, 0.2) is 60.8 Å². The van der Waals surface area contributed by atoms with Gasteiger partial charge in [-0.1, -0.05) is 48.5 Å². The molecule has 13 nitrogen and oxygen atoms in total. The highest BCUT2D eigenvalue weighted by Gasteiger charge is 2.30. The number of carbonyl (C=O) groups is 6. The summed E-state index contributed by atoms with van der Waals surface area (Å²) in [6.07, 6.45) is 1.40. The Morgan fingerprint density at radius 1 is 0.791 bits per heavy atom. The predicted octanol–water partition coefficient (Wildman–Crippen LogP) is 0.282. The molecule has 0 saturated heterocycles. The van der Waals surface area contributed by atoms with Crippen LogP contribution in [0, 0.1) is 0 Å². The molecule has 0 fully saturated rings. The molecular formula is C30H36N6O7. The van der Waals surface area contributed by atoms with Gasteiger partial charge in [-0.2, -0.15) is 0 Å². The van der Waals surface area contributed by atoms with E-state index in [9.17, 15) is 33.9 Å². The minimum Gasteiger partial charge on any atom is -0.480 e. The molecule has 5 amide bonds. The van der Waals surface area contributed by atoms with Crippen molar-refractivity contribution in [3.8, 4) is 0 Å². The number of primary amides is 1. The Hall–Kier alpha value is -5.20. The zero-order chi connectivity index (χ0) is 31.5. The summed E-state index contributed by atoms with van der Waals surface area (Å²) >= 11 is 0. The first kappa shape index (κ1) is 32.3. The SMILES string of the molecule is CC(=O)N[C@@H](Cc1ccccc1)C(=O)N[C@@H](CCC(N)=O)C(=O)N[C@@H](C)C(=O)N[C@@H](Cc1c[nH]c2ccccc12)C(=O)O. The van der Waals surface area contributed by atoms with Crippen molar-refractivity contribution in [1.82, 2.24) is 26.3 Å². The monoisotopic (exact) mass is 592 g/mol. The summed E-state index contributed by atoms with van der Waals surface area (Å²) < 4.78 is 0. The summed E-state index contributed by atoms with van der Waals surface area (Å²) in [6, 6.07) is 11.5. The summed E-state index contributed by atoms with van der Waals surface area (Å²) in [6.45, 7) is 2.62. The van der Waals surface area contributed by atoms with Crippen LogP contribution >= 0.6 is 0 Å². The summed E-state index contributed by atoms with van der Waals surface area (Å²) in [4.78, 5) is 77.5. The van der Waals surface area contributed by atoms with Crippen molar-refractivity contribution >= 4 is 46.4 Å². The number of carbonyl (C=O) groups excluding carboxylic acids is 5. The molecule has 0 spiro atoms. The molecule has 43 heavy (non-hydrogen) atoms. The fourth-order valence-corrected chi connectivity index (χ4v) is 4.53. The molecule has 0 aliphatic carbocycles. The van der Waals surface area contributed by atoms with Gasteiger partial charge in [-0.25, -0.2) is 4.79 Å². The molecule has 0 radical (unpaired) electrons. The number of amides is 5. The number of H-pyrrole nitrogens is 1. The molecule has 0 saturated carbocycles. The number of hydrogen-bond donors (Lipinski definition) is 7. The Bertz CT molecular complexity index is 1470. The number of carboxylic acid groups (broad SMARTS) is 1. The number of aliphatic carboxylic acids is 1. The number of aromatic nitrogens is 1. The second-order valence-electron chi connectivity index (χ2n) is 10.2. The van der Waals surface area contributed by atoms with Gasteiger partial charge in [0.05, 0.1) is 0 Å². The average molecular weight is 593 g/mol. The Balaban J connectivity index is 1.67. The van der Waals surface area contributed by atoms with Gasteiger partial charge >= 0.3 is 5.97 Å². The maximum absolute atomic E-state index is 13.2. The number of rotatable bonds is 15. The van der Waals surface area contributed by atoms with E-state index in [1.807, 2.05) is 24.3 Å². The smallest absolute Gasteiger partial charge is 0.326 e. The minimum absolute atomic E-state index is 0.00496. The van der Waals surface area contributed by atoms with E-state index in [4.69, 9.17) is 5.73 Å². The van der Waals surface area contributed by atoms with Crippen LogP contribution in [0.3, 0.4) is 0 Å². The Labute approximate surface area is 248 Å². The Morgan fingerprint density at radius 2 is 1.42 bits per heavy atom. The normalized spacial score (nSPS) is 13.6. The number of aromatic amines is 1. The first-order valence-corrected chi connectivity index (χ1v) is 13.7. The number of nitrogens with two attached hydrogens (primary N) is 1. The van der Waals surface area contributed by atoms with Crippen molar-refractivity contribution in [2.24, 2.45) is 5.73 Å². The van der Waals surface area contributed by atoms with Crippen molar-refractivity contribution in [3.05, 3.63) is 71.9 Å². The number of fused-ring (bicyclic) bond motifs is 1. The van der Waals surface area contributed by atoms with Gasteiger partial charge in [0.15, 0.2) is 0 Å². The predicted molar refractivity (Wildman–Crippen MR) is 157 cm³/mol. The van der Waals surface area contributed by atoms with Crippen LogP contribution in [0.1, 0.15) is 37.8 Å². The van der Waals surface area contributed by atoms with E-state index in [1.54, 1.807) is 36.5 Å². The highest BCUT2D eigenvalue weighted by molar-refractivity contribution is 5.95. The van der Waals surface area contributed by atoms with Crippen molar-refractivity contribution in [1.29, 1.82) is 0 Å². The van der Waals surface area contributed by atoms with Crippen LogP contribution in [-0.2, 0) is 41.6 Å². The van der Waals surface area contributed by atoms with Gasteiger partial charge < -0.3 is 37.1 Å². The lowest BCUT2D eigenvalue weighted by Gasteiger charge is -2.24. The summed E-state index contributed by atoms with van der Waals surface area (Å²) in [5, 5.41) is 20.6. The van der Waals surface area contributed by atoms with Gasteiger partial charge in [0.2, 0.25) is 29.5 Å². The first-order chi connectivity index (χ1) is 20.4. The second-order valence-corrected chi connectivity index (χ2v) is 10.2. The number of hydrogen-bond acceptors (Lipinski definition) is 6. The molecule has 2 aromatic carbocycles. The van der Waals surface area contributed by atoms with Crippen molar-refractivity contribution in [2.75, 3.05) is 0 Å². The molecule has 228 valence electrons. The minimum atomic E-state index is -1.28. The number of para-hydroxylation sites is 1. The highest BCUT2D eigenvalue weighted by atomic mass is 16.4. The third-order valence-electron chi connectivity index (χ3n) is 6.75. The lowest BCUT2D eigenvalue weighted by atomic mass is 10.0. The maximum atomic E-state index is 13.2.